The Balaban J connectivity index is 1.75. The lowest BCUT2D eigenvalue weighted by Crippen LogP contribution is -2.50. The molecular weight excluding hydrogens is 550 g/mol. The van der Waals surface area contributed by atoms with Crippen molar-refractivity contribution in [3.8, 4) is 0 Å². The summed E-state index contributed by atoms with van der Waals surface area (Å²) >= 11 is 0. The van der Waals surface area contributed by atoms with Crippen LogP contribution in [0.1, 0.15) is 48.9 Å². The molecule has 0 unspecified atom stereocenters. The van der Waals surface area contributed by atoms with Gasteiger partial charge in [0.25, 0.3) is 0 Å². The number of alkyl halides is 3. The molecule has 2 atom stereocenters. The quantitative estimate of drug-likeness (QED) is 0.219. The maximum Gasteiger partial charge on any atom is 0.416 e. The molecule has 9 nitrogen and oxygen atoms in total. The smallest absolute Gasteiger partial charge is 0.416 e. The van der Waals surface area contributed by atoms with E-state index in [0.717, 1.165) is 23.2 Å². The molecule has 3 rings (SSSR count). The second-order valence-corrected chi connectivity index (χ2v) is 11.2. The summed E-state index contributed by atoms with van der Waals surface area (Å²) in [5.41, 5.74) is 18.9. The molecule has 0 radical (unpaired) electrons. The van der Waals surface area contributed by atoms with E-state index in [1.54, 1.807) is 0 Å². The zero-order chi connectivity index (χ0) is 31.2. The van der Waals surface area contributed by atoms with Gasteiger partial charge in [-0.05, 0) is 61.0 Å². The Bertz CT molecular complexity index is 1270. The van der Waals surface area contributed by atoms with Gasteiger partial charge >= 0.3 is 13.1 Å². The molecule has 2 aromatic carbocycles. The van der Waals surface area contributed by atoms with E-state index in [1.165, 1.54) is 12.1 Å². The molecule has 8 N–H and O–H groups in total. The summed E-state index contributed by atoms with van der Waals surface area (Å²) < 4.78 is 45.2. The minimum atomic E-state index is -4.50. The number of amides is 2. The van der Waals surface area contributed by atoms with Crippen molar-refractivity contribution in [2.75, 3.05) is 13.1 Å². The Morgan fingerprint density at radius 1 is 1.00 bits per heavy atom. The molecule has 2 amide bonds. The molecule has 13 heteroatoms. The highest BCUT2D eigenvalue weighted by Crippen LogP contribution is 2.31. The zero-order valence-corrected chi connectivity index (χ0v) is 24.1. The van der Waals surface area contributed by atoms with Gasteiger partial charge in [-0.25, -0.2) is 0 Å². The van der Waals surface area contributed by atoms with Crippen LogP contribution >= 0.6 is 0 Å². The first-order valence-corrected chi connectivity index (χ1v) is 13.9. The summed E-state index contributed by atoms with van der Waals surface area (Å²) in [6.07, 6.45) is -4.63. The zero-order valence-electron chi connectivity index (χ0n) is 24.1. The number of fused-ring (bicyclic) bond motifs is 1. The highest BCUT2D eigenvalue weighted by Gasteiger charge is 2.38. The summed E-state index contributed by atoms with van der Waals surface area (Å²) in [4.78, 5) is 38.7. The van der Waals surface area contributed by atoms with Crippen molar-refractivity contribution >= 4 is 30.0 Å². The first-order valence-electron chi connectivity index (χ1n) is 13.9. The molecule has 0 aromatic heterocycles. The topological polar surface area (TPSA) is 163 Å². The Morgan fingerprint density at radius 3 is 2.21 bits per heavy atom. The largest absolute Gasteiger partial charge is 0.422 e. The van der Waals surface area contributed by atoms with Crippen LogP contribution in [0.3, 0.4) is 0 Å². The number of hydrogen-bond acceptors (Lipinski definition) is 7. The van der Waals surface area contributed by atoms with E-state index >= 15 is 0 Å². The fourth-order valence-electron chi connectivity index (χ4n) is 5.00. The van der Waals surface area contributed by atoms with Gasteiger partial charge in [-0.2, -0.15) is 13.2 Å². The van der Waals surface area contributed by atoms with E-state index in [0.29, 0.717) is 11.1 Å². The SMILES string of the molecule is CB1OC(C)(C)c2cc(CC(=O)[C@@H](Cc3ccc(C(F)(F)F)cc3)NC(=O)[C@@H](N)CCC(=O)NC(CN)CN)ccc21. The molecule has 1 aliphatic rings. The number of ketones is 1. The lowest BCUT2D eigenvalue weighted by molar-refractivity contribution is -0.137. The average Bonchev–Trinajstić information content (AvgIpc) is 3.16. The minimum absolute atomic E-state index is 0.00118. The summed E-state index contributed by atoms with van der Waals surface area (Å²) in [5, 5.41) is 5.31. The summed E-state index contributed by atoms with van der Waals surface area (Å²) in [6, 6.07) is 7.52. The predicted molar refractivity (Wildman–Crippen MR) is 155 cm³/mol. The number of hydrogen-bond donors (Lipinski definition) is 5. The number of benzene rings is 2. The van der Waals surface area contributed by atoms with Crippen molar-refractivity contribution in [2.24, 2.45) is 17.2 Å². The Morgan fingerprint density at radius 2 is 1.62 bits per heavy atom. The van der Waals surface area contributed by atoms with E-state index in [1.807, 2.05) is 38.9 Å². The molecule has 0 saturated carbocycles. The third kappa shape index (κ3) is 8.63. The first kappa shape index (κ1) is 33.2. The number of Topliss-reactive ketones (excluding diaryl/α,β-unsaturated/α-hetero) is 1. The van der Waals surface area contributed by atoms with Crippen molar-refractivity contribution in [1.29, 1.82) is 0 Å². The van der Waals surface area contributed by atoms with Crippen LogP contribution in [-0.4, -0.2) is 55.7 Å². The second kappa shape index (κ2) is 13.8. The maximum absolute atomic E-state index is 13.5. The van der Waals surface area contributed by atoms with Crippen LogP contribution in [0.5, 0.6) is 0 Å². The van der Waals surface area contributed by atoms with Crippen LogP contribution in [-0.2, 0) is 43.7 Å². The van der Waals surface area contributed by atoms with Gasteiger partial charge in [0.05, 0.1) is 29.3 Å². The molecule has 228 valence electrons. The van der Waals surface area contributed by atoms with E-state index in [2.05, 4.69) is 10.6 Å². The van der Waals surface area contributed by atoms with Gasteiger partial charge in [0.2, 0.25) is 11.8 Å². The Kier molecular flexibility index (Phi) is 10.9. The third-order valence-electron chi connectivity index (χ3n) is 7.43. The lowest BCUT2D eigenvalue weighted by Gasteiger charge is -2.22. The van der Waals surface area contributed by atoms with Gasteiger partial charge in [0, 0.05) is 25.9 Å². The molecule has 0 fully saturated rings. The van der Waals surface area contributed by atoms with Gasteiger partial charge in [0.1, 0.15) is 0 Å². The van der Waals surface area contributed by atoms with Gasteiger partial charge in [-0.3, -0.25) is 14.4 Å². The van der Waals surface area contributed by atoms with Crippen LogP contribution in [0.15, 0.2) is 42.5 Å². The van der Waals surface area contributed by atoms with Crippen LogP contribution in [0.2, 0.25) is 6.82 Å². The standard InChI is InChI=1S/C29H39BF3N5O4/c1-28(2)21-12-18(6-9-22(21)30(3)42-28)14-25(39)24(13-17-4-7-19(8-5-17)29(31,32)33)38-27(41)23(36)10-11-26(40)37-20(15-34)16-35/h4-9,12,20,23-24H,10-11,13-16,34-36H2,1-3H3,(H,37,40)(H,38,41)/t23-,24+/m0/s1. The molecule has 0 aliphatic carbocycles. The number of carbonyl (C=O) groups excluding carboxylic acids is 3. The van der Waals surface area contributed by atoms with Gasteiger partial charge < -0.3 is 32.5 Å². The monoisotopic (exact) mass is 589 g/mol. The number of nitrogens with two attached hydrogens (primary N) is 3. The molecule has 0 saturated heterocycles. The van der Waals surface area contributed by atoms with E-state index in [-0.39, 0.29) is 57.4 Å². The molecule has 0 spiro atoms. The van der Waals surface area contributed by atoms with E-state index in [4.69, 9.17) is 21.9 Å². The first-order chi connectivity index (χ1) is 19.6. The van der Waals surface area contributed by atoms with Crippen LogP contribution in [0, 0.1) is 0 Å². The van der Waals surface area contributed by atoms with E-state index in [9.17, 15) is 27.6 Å². The van der Waals surface area contributed by atoms with Crippen molar-refractivity contribution in [3.63, 3.8) is 0 Å². The molecular formula is C29H39BF3N5O4. The number of halogens is 3. The average molecular weight is 589 g/mol. The van der Waals surface area contributed by atoms with Crippen LogP contribution in [0.25, 0.3) is 0 Å². The van der Waals surface area contributed by atoms with Crippen molar-refractivity contribution in [2.45, 2.75) is 76.3 Å². The van der Waals surface area contributed by atoms with Gasteiger partial charge in [0.15, 0.2) is 5.78 Å². The van der Waals surface area contributed by atoms with Crippen LogP contribution in [0.4, 0.5) is 13.2 Å². The fraction of sp³-hybridized carbons (Fsp3) is 0.483. The molecule has 2 aromatic rings. The number of rotatable bonds is 13. The molecule has 1 heterocycles. The fourth-order valence-corrected chi connectivity index (χ4v) is 5.00. The van der Waals surface area contributed by atoms with Crippen LogP contribution < -0.4 is 33.3 Å². The molecule has 42 heavy (non-hydrogen) atoms. The Labute approximate surface area is 244 Å². The van der Waals surface area contributed by atoms with E-state index < -0.39 is 41.4 Å². The summed E-state index contributed by atoms with van der Waals surface area (Å²) in [5.74, 6) is -1.36. The summed E-state index contributed by atoms with van der Waals surface area (Å²) in [7, 11) is 0. The van der Waals surface area contributed by atoms with Crippen molar-refractivity contribution in [3.05, 3.63) is 64.7 Å². The van der Waals surface area contributed by atoms with Gasteiger partial charge in [-0.15, -0.1) is 0 Å². The second-order valence-electron chi connectivity index (χ2n) is 11.2. The lowest BCUT2D eigenvalue weighted by atomic mass is 9.64. The normalized spacial score (nSPS) is 15.7. The predicted octanol–water partition coefficient (Wildman–Crippen LogP) is 1.15. The Hall–Kier alpha value is -3.26. The van der Waals surface area contributed by atoms with Crippen molar-refractivity contribution < 1.29 is 32.2 Å². The van der Waals surface area contributed by atoms with Crippen molar-refractivity contribution in [1.82, 2.24) is 10.6 Å². The molecule has 0 bridgehead atoms. The minimum Gasteiger partial charge on any atom is -0.422 e. The highest BCUT2D eigenvalue weighted by molar-refractivity contribution is 6.67. The van der Waals surface area contributed by atoms with Gasteiger partial charge in [-0.1, -0.05) is 37.2 Å². The highest BCUT2D eigenvalue weighted by atomic mass is 19.4. The third-order valence-corrected chi connectivity index (χ3v) is 7.43. The number of nitrogens with one attached hydrogen (secondary N) is 2. The summed E-state index contributed by atoms with van der Waals surface area (Å²) in [6.45, 7) is 6.08. The maximum atomic E-state index is 13.5. The molecule has 1 aliphatic heterocycles. The number of carbonyl (C=O) groups is 3.